The van der Waals surface area contributed by atoms with Crippen LogP contribution >= 0.6 is 23.2 Å². The fraction of sp³-hybridized carbons (Fsp3) is 0.143. The summed E-state index contributed by atoms with van der Waals surface area (Å²) in [5.74, 6) is 1.28. The summed E-state index contributed by atoms with van der Waals surface area (Å²) in [4.78, 5) is 0. The second kappa shape index (κ2) is 5.61. The smallest absolute Gasteiger partial charge is 0.147 e. The van der Waals surface area contributed by atoms with Crippen molar-refractivity contribution < 1.29 is 4.74 Å². The van der Waals surface area contributed by atoms with Gasteiger partial charge < -0.3 is 10.5 Å². The minimum absolute atomic E-state index is 0.412. The first-order chi connectivity index (χ1) is 8.61. The van der Waals surface area contributed by atoms with Crippen molar-refractivity contribution in [2.45, 2.75) is 13.5 Å². The molecule has 2 aromatic rings. The zero-order chi connectivity index (χ0) is 13.1. The average molecular weight is 282 g/mol. The molecule has 0 amide bonds. The van der Waals surface area contributed by atoms with Gasteiger partial charge in [0.15, 0.2) is 0 Å². The van der Waals surface area contributed by atoms with E-state index in [-0.39, 0.29) is 0 Å². The molecule has 0 saturated heterocycles. The third-order valence-corrected chi connectivity index (χ3v) is 3.17. The van der Waals surface area contributed by atoms with Crippen LogP contribution in [0.4, 0.5) is 0 Å². The highest BCUT2D eigenvalue weighted by Crippen LogP contribution is 2.34. The Bertz CT molecular complexity index is 570. The van der Waals surface area contributed by atoms with Crippen LogP contribution in [0, 0.1) is 6.92 Å². The van der Waals surface area contributed by atoms with Gasteiger partial charge in [0.1, 0.15) is 11.5 Å². The van der Waals surface area contributed by atoms with E-state index in [9.17, 15) is 0 Å². The Morgan fingerprint density at radius 3 is 2.67 bits per heavy atom. The van der Waals surface area contributed by atoms with Crippen LogP contribution in [-0.2, 0) is 6.54 Å². The normalized spacial score (nSPS) is 10.4. The molecule has 0 atom stereocenters. The molecule has 0 heterocycles. The van der Waals surface area contributed by atoms with Crippen LogP contribution in [0.15, 0.2) is 36.4 Å². The van der Waals surface area contributed by atoms with E-state index in [1.165, 1.54) is 0 Å². The van der Waals surface area contributed by atoms with Crippen LogP contribution in [-0.4, -0.2) is 0 Å². The van der Waals surface area contributed by atoms with Crippen molar-refractivity contribution in [1.29, 1.82) is 0 Å². The first-order valence-corrected chi connectivity index (χ1v) is 6.29. The van der Waals surface area contributed by atoms with E-state index in [0.29, 0.717) is 22.3 Å². The second-order valence-corrected chi connectivity index (χ2v) is 4.79. The molecule has 0 aliphatic carbocycles. The fourth-order valence-corrected chi connectivity index (χ4v) is 2.00. The highest BCUT2D eigenvalue weighted by Gasteiger charge is 2.10. The van der Waals surface area contributed by atoms with E-state index in [0.717, 1.165) is 16.9 Å². The Hall–Kier alpha value is -1.22. The number of hydrogen-bond acceptors (Lipinski definition) is 2. The predicted octanol–water partition coefficient (Wildman–Crippen LogP) is 4.55. The largest absolute Gasteiger partial charge is 0.455 e. The Balaban J connectivity index is 2.42. The molecular formula is C14H13Cl2NO. The number of nitrogens with two attached hydrogens (primary N) is 1. The van der Waals surface area contributed by atoms with Crippen molar-refractivity contribution >= 4 is 23.2 Å². The second-order valence-electron chi connectivity index (χ2n) is 3.94. The minimum Gasteiger partial charge on any atom is -0.455 e. The van der Waals surface area contributed by atoms with Crippen molar-refractivity contribution in [3.05, 3.63) is 57.6 Å². The highest BCUT2D eigenvalue weighted by atomic mass is 35.5. The van der Waals surface area contributed by atoms with Crippen LogP contribution in [0.2, 0.25) is 10.0 Å². The van der Waals surface area contributed by atoms with Gasteiger partial charge in [-0.15, -0.1) is 0 Å². The Morgan fingerprint density at radius 2 is 1.94 bits per heavy atom. The van der Waals surface area contributed by atoms with Crippen molar-refractivity contribution in [1.82, 2.24) is 0 Å². The van der Waals surface area contributed by atoms with Gasteiger partial charge in [-0.25, -0.2) is 0 Å². The maximum absolute atomic E-state index is 6.08. The standard InChI is InChI=1S/C14H13Cl2NO/c1-9-3-2-4-10(8-17)14(9)18-13-7-11(15)5-6-12(13)16/h2-7H,8,17H2,1H3. The third kappa shape index (κ3) is 2.78. The lowest BCUT2D eigenvalue weighted by molar-refractivity contribution is 0.473. The SMILES string of the molecule is Cc1cccc(CN)c1Oc1cc(Cl)ccc1Cl. The molecule has 0 fully saturated rings. The van der Waals surface area contributed by atoms with E-state index < -0.39 is 0 Å². The summed E-state index contributed by atoms with van der Waals surface area (Å²) < 4.78 is 5.85. The lowest BCUT2D eigenvalue weighted by Gasteiger charge is -2.14. The van der Waals surface area contributed by atoms with Gasteiger partial charge in [0.05, 0.1) is 5.02 Å². The zero-order valence-corrected chi connectivity index (χ0v) is 11.4. The average Bonchev–Trinajstić information content (AvgIpc) is 2.36. The molecule has 0 bridgehead atoms. The first-order valence-electron chi connectivity index (χ1n) is 5.53. The number of para-hydroxylation sites is 1. The molecule has 4 heteroatoms. The molecule has 0 aliphatic rings. The summed E-state index contributed by atoms with van der Waals surface area (Å²) in [6.45, 7) is 2.38. The Kier molecular flexibility index (Phi) is 4.12. The van der Waals surface area contributed by atoms with Gasteiger partial charge in [0.25, 0.3) is 0 Å². The van der Waals surface area contributed by atoms with Gasteiger partial charge in [-0.05, 0) is 24.6 Å². The fourth-order valence-electron chi connectivity index (χ4n) is 1.69. The molecule has 0 spiro atoms. The summed E-state index contributed by atoms with van der Waals surface area (Å²) >= 11 is 12.0. The van der Waals surface area contributed by atoms with Crippen molar-refractivity contribution in [2.24, 2.45) is 5.73 Å². The number of benzene rings is 2. The molecule has 2 aromatic carbocycles. The van der Waals surface area contributed by atoms with E-state index in [4.69, 9.17) is 33.7 Å². The van der Waals surface area contributed by atoms with Crippen LogP contribution in [0.5, 0.6) is 11.5 Å². The summed E-state index contributed by atoms with van der Waals surface area (Å²) in [6.07, 6.45) is 0. The topological polar surface area (TPSA) is 35.2 Å². The van der Waals surface area contributed by atoms with Gasteiger partial charge >= 0.3 is 0 Å². The van der Waals surface area contributed by atoms with Gasteiger partial charge in [-0.1, -0.05) is 41.4 Å². The molecule has 94 valence electrons. The maximum atomic E-state index is 6.08. The number of ether oxygens (including phenoxy) is 1. The van der Waals surface area contributed by atoms with Gasteiger partial charge in [0.2, 0.25) is 0 Å². The molecule has 0 aromatic heterocycles. The molecule has 0 aliphatic heterocycles. The van der Waals surface area contributed by atoms with Gasteiger partial charge in [-0.2, -0.15) is 0 Å². The van der Waals surface area contributed by atoms with Gasteiger partial charge in [-0.3, -0.25) is 0 Å². The molecule has 2 rings (SSSR count). The maximum Gasteiger partial charge on any atom is 0.147 e. The van der Waals surface area contributed by atoms with Crippen LogP contribution in [0.3, 0.4) is 0 Å². The molecule has 0 saturated carbocycles. The van der Waals surface area contributed by atoms with E-state index in [1.807, 2.05) is 25.1 Å². The Labute approximate surface area is 116 Å². The number of halogens is 2. The van der Waals surface area contributed by atoms with E-state index in [2.05, 4.69) is 0 Å². The molecule has 2 nitrogen and oxygen atoms in total. The Morgan fingerprint density at radius 1 is 1.17 bits per heavy atom. The van der Waals surface area contributed by atoms with Gasteiger partial charge in [0, 0.05) is 23.2 Å². The van der Waals surface area contributed by atoms with Crippen molar-refractivity contribution in [3.63, 3.8) is 0 Å². The number of aryl methyl sites for hydroxylation is 1. The summed E-state index contributed by atoms with van der Waals surface area (Å²) in [5, 5.41) is 1.10. The van der Waals surface area contributed by atoms with Crippen molar-refractivity contribution in [3.8, 4) is 11.5 Å². The molecular weight excluding hydrogens is 269 g/mol. The lowest BCUT2D eigenvalue weighted by Crippen LogP contribution is -2.01. The predicted molar refractivity (Wildman–Crippen MR) is 75.6 cm³/mol. The molecule has 18 heavy (non-hydrogen) atoms. The molecule has 0 radical (unpaired) electrons. The highest BCUT2D eigenvalue weighted by molar-refractivity contribution is 6.34. The number of rotatable bonds is 3. The molecule has 0 unspecified atom stereocenters. The summed E-state index contributed by atoms with van der Waals surface area (Å²) in [7, 11) is 0. The monoisotopic (exact) mass is 281 g/mol. The molecule has 2 N–H and O–H groups in total. The van der Waals surface area contributed by atoms with Crippen LogP contribution < -0.4 is 10.5 Å². The van der Waals surface area contributed by atoms with Crippen LogP contribution in [0.25, 0.3) is 0 Å². The zero-order valence-electron chi connectivity index (χ0n) is 9.91. The van der Waals surface area contributed by atoms with E-state index in [1.54, 1.807) is 18.2 Å². The van der Waals surface area contributed by atoms with Crippen LogP contribution in [0.1, 0.15) is 11.1 Å². The lowest BCUT2D eigenvalue weighted by atomic mass is 10.1. The summed E-state index contributed by atoms with van der Waals surface area (Å²) in [6, 6.07) is 11.0. The quantitative estimate of drug-likeness (QED) is 0.896. The first kappa shape index (κ1) is 13.2. The minimum atomic E-state index is 0.412. The van der Waals surface area contributed by atoms with E-state index >= 15 is 0 Å². The third-order valence-electron chi connectivity index (χ3n) is 2.62. The summed E-state index contributed by atoms with van der Waals surface area (Å²) in [5.41, 5.74) is 7.65. The van der Waals surface area contributed by atoms with Crippen molar-refractivity contribution in [2.75, 3.05) is 0 Å². The number of hydrogen-bond donors (Lipinski definition) is 1.